The zero-order chi connectivity index (χ0) is 24.1. The molecule has 1 amide bonds. The molecule has 1 aliphatic carbocycles. The summed E-state index contributed by atoms with van der Waals surface area (Å²) < 4.78 is 0. The van der Waals surface area contributed by atoms with E-state index in [-0.39, 0.29) is 5.91 Å². The third-order valence-corrected chi connectivity index (χ3v) is 7.98. The quantitative estimate of drug-likeness (QED) is 0.362. The van der Waals surface area contributed by atoms with Crippen molar-refractivity contribution in [3.05, 3.63) is 95.0 Å². The van der Waals surface area contributed by atoms with Crippen molar-refractivity contribution in [1.82, 2.24) is 4.90 Å². The van der Waals surface area contributed by atoms with Gasteiger partial charge in [-0.3, -0.25) is 9.69 Å². The summed E-state index contributed by atoms with van der Waals surface area (Å²) in [6.07, 6.45) is 12.0. The molecule has 0 bridgehead atoms. The monoisotopic (exact) mass is 484 g/mol. The number of piperidine rings is 1. The number of hydrogen-bond donors (Lipinski definition) is 1. The Bertz CT molecular complexity index is 1150. The standard InChI is InChI=1S/C31H33ClN2O/c32-28-12-8-26(9-13-28)27-10-14-29(15-11-27)33-30(35)16-7-24-3-5-25(6-4-24)23-34-21-19-31(20-22-34)17-1-2-18-31/h3-16H,1-2,17-23H2,(H,33,35)/b16-7+. The lowest BCUT2D eigenvalue weighted by Crippen LogP contribution is -2.38. The number of carbonyl (C=O) groups excluding carboxylic acids is 1. The lowest BCUT2D eigenvalue weighted by Gasteiger charge is -2.39. The summed E-state index contributed by atoms with van der Waals surface area (Å²) in [5.41, 5.74) is 5.99. The molecule has 5 rings (SSSR count). The van der Waals surface area contributed by atoms with E-state index >= 15 is 0 Å². The van der Waals surface area contributed by atoms with Gasteiger partial charge < -0.3 is 5.32 Å². The molecule has 0 radical (unpaired) electrons. The number of halogens is 1. The van der Waals surface area contributed by atoms with E-state index in [1.807, 2.05) is 54.6 Å². The van der Waals surface area contributed by atoms with Gasteiger partial charge in [-0.15, -0.1) is 0 Å². The van der Waals surface area contributed by atoms with E-state index in [0.29, 0.717) is 5.41 Å². The highest BCUT2D eigenvalue weighted by Gasteiger charge is 2.36. The lowest BCUT2D eigenvalue weighted by molar-refractivity contribution is -0.111. The van der Waals surface area contributed by atoms with E-state index < -0.39 is 0 Å². The van der Waals surface area contributed by atoms with E-state index in [0.717, 1.165) is 33.9 Å². The van der Waals surface area contributed by atoms with E-state index in [4.69, 9.17) is 11.6 Å². The first-order valence-corrected chi connectivity index (χ1v) is 13.1. The number of nitrogens with zero attached hydrogens (tertiary/aromatic N) is 1. The van der Waals surface area contributed by atoms with Gasteiger partial charge in [0.1, 0.15) is 0 Å². The van der Waals surface area contributed by atoms with Gasteiger partial charge in [0.25, 0.3) is 0 Å². The van der Waals surface area contributed by atoms with Crippen molar-refractivity contribution < 1.29 is 4.79 Å². The molecule has 0 atom stereocenters. The summed E-state index contributed by atoms with van der Waals surface area (Å²) in [6, 6.07) is 24.1. The molecule has 180 valence electrons. The van der Waals surface area contributed by atoms with Crippen molar-refractivity contribution in [2.24, 2.45) is 5.41 Å². The van der Waals surface area contributed by atoms with Crippen molar-refractivity contribution in [2.45, 2.75) is 45.1 Å². The summed E-state index contributed by atoms with van der Waals surface area (Å²) in [7, 11) is 0. The molecule has 1 spiro atoms. The normalized spacial score (nSPS) is 17.7. The number of likely N-dealkylation sites (tertiary alicyclic amines) is 1. The molecule has 0 unspecified atom stereocenters. The smallest absolute Gasteiger partial charge is 0.248 e. The van der Waals surface area contributed by atoms with Crippen LogP contribution in [-0.2, 0) is 11.3 Å². The van der Waals surface area contributed by atoms with Crippen LogP contribution < -0.4 is 5.32 Å². The Morgan fingerprint density at radius 1 is 0.829 bits per heavy atom. The van der Waals surface area contributed by atoms with Crippen molar-refractivity contribution in [1.29, 1.82) is 0 Å². The molecule has 1 aliphatic heterocycles. The Hall–Kier alpha value is -2.88. The molecule has 0 aromatic heterocycles. The Morgan fingerprint density at radius 2 is 1.43 bits per heavy atom. The lowest BCUT2D eigenvalue weighted by atomic mass is 9.77. The van der Waals surface area contributed by atoms with Gasteiger partial charge in [0.05, 0.1) is 0 Å². The Morgan fingerprint density at radius 3 is 2.06 bits per heavy atom. The van der Waals surface area contributed by atoms with Crippen LogP contribution in [0, 0.1) is 5.41 Å². The molecule has 3 aromatic rings. The highest BCUT2D eigenvalue weighted by atomic mass is 35.5. The van der Waals surface area contributed by atoms with Crippen molar-refractivity contribution in [2.75, 3.05) is 18.4 Å². The second-order valence-corrected chi connectivity index (χ2v) is 10.6. The number of nitrogens with one attached hydrogen (secondary N) is 1. The molecular weight excluding hydrogens is 452 g/mol. The van der Waals surface area contributed by atoms with Gasteiger partial charge >= 0.3 is 0 Å². The molecule has 1 heterocycles. The van der Waals surface area contributed by atoms with Crippen LogP contribution in [0.1, 0.15) is 49.7 Å². The van der Waals surface area contributed by atoms with Crippen molar-refractivity contribution >= 4 is 29.3 Å². The maximum absolute atomic E-state index is 12.4. The van der Waals surface area contributed by atoms with Crippen LogP contribution in [0.25, 0.3) is 17.2 Å². The van der Waals surface area contributed by atoms with Gasteiger partial charge in [0.15, 0.2) is 0 Å². The summed E-state index contributed by atoms with van der Waals surface area (Å²) in [4.78, 5) is 15.0. The zero-order valence-corrected chi connectivity index (χ0v) is 20.9. The number of hydrogen-bond acceptors (Lipinski definition) is 2. The zero-order valence-electron chi connectivity index (χ0n) is 20.2. The third-order valence-electron chi connectivity index (χ3n) is 7.72. The first-order chi connectivity index (χ1) is 17.1. The Kier molecular flexibility index (Phi) is 7.36. The summed E-state index contributed by atoms with van der Waals surface area (Å²) >= 11 is 5.97. The SMILES string of the molecule is O=C(/C=C/c1ccc(CN2CCC3(CCCC3)CC2)cc1)Nc1ccc(-c2ccc(Cl)cc2)cc1. The summed E-state index contributed by atoms with van der Waals surface area (Å²) in [5, 5.41) is 3.65. The molecule has 1 saturated heterocycles. The highest BCUT2D eigenvalue weighted by molar-refractivity contribution is 6.30. The average Bonchev–Trinajstić information content (AvgIpc) is 3.34. The molecule has 4 heteroatoms. The van der Waals surface area contributed by atoms with Crippen LogP contribution in [0.2, 0.25) is 5.02 Å². The molecule has 3 aromatic carbocycles. The van der Waals surface area contributed by atoms with Gasteiger partial charge in [-0.1, -0.05) is 73.0 Å². The molecule has 1 N–H and O–H groups in total. The fourth-order valence-electron chi connectivity index (χ4n) is 5.55. The largest absolute Gasteiger partial charge is 0.323 e. The highest BCUT2D eigenvalue weighted by Crippen LogP contribution is 2.46. The minimum atomic E-state index is -0.137. The number of rotatable bonds is 6. The maximum atomic E-state index is 12.4. The first kappa shape index (κ1) is 23.8. The Labute approximate surface area is 213 Å². The van der Waals surface area contributed by atoms with Crippen molar-refractivity contribution in [3.63, 3.8) is 0 Å². The van der Waals surface area contributed by atoms with Crippen LogP contribution in [0.3, 0.4) is 0 Å². The third kappa shape index (κ3) is 6.22. The summed E-state index contributed by atoms with van der Waals surface area (Å²) in [6.45, 7) is 3.47. The van der Waals surface area contributed by atoms with Crippen LogP contribution in [0.4, 0.5) is 5.69 Å². The number of anilines is 1. The molecule has 2 fully saturated rings. The van der Waals surface area contributed by atoms with Crippen LogP contribution in [-0.4, -0.2) is 23.9 Å². The Balaban J connectivity index is 1.10. The molecule has 2 aliphatic rings. The fourth-order valence-corrected chi connectivity index (χ4v) is 5.67. The molecular formula is C31H33ClN2O. The first-order valence-electron chi connectivity index (χ1n) is 12.7. The number of amides is 1. The van der Waals surface area contributed by atoms with Gasteiger partial charge in [-0.25, -0.2) is 0 Å². The molecule has 3 nitrogen and oxygen atoms in total. The fraction of sp³-hybridized carbons (Fsp3) is 0.323. The van der Waals surface area contributed by atoms with Gasteiger partial charge in [-0.2, -0.15) is 0 Å². The molecule has 35 heavy (non-hydrogen) atoms. The topological polar surface area (TPSA) is 32.3 Å². The minimum Gasteiger partial charge on any atom is -0.323 e. The van der Waals surface area contributed by atoms with E-state index in [1.165, 1.54) is 57.2 Å². The van der Waals surface area contributed by atoms with Crippen molar-refractivity contribution in [3.8, 4) is 11.1 Å². The number of benzene rings is 3. The second kappa shape index (κ2) is 10.8. The predicted octanol–water partition coefficient (Wildman–Crippen LogP) is 7.82. The van der Waals surface area contributed by atoms with Gasteiger partial charge in [0.2, 0.25) is 5.91 Å². The molecule has 1 saturated carbocycles. The number of carbonyl (C=O) groups is 1. The second-order valence-electron chi connectivity index (χ2n) is 10.1. The van der Waals surface area contributed by atoms with E-state index in [2.05, 4.69) is 34.5 Å². The van der Waals surface area contributed by atoms with Crippen LogP contribution >= 0.6 is 11.6 Å². The predicted molar refractivity (Wildman–Crippen MR) is 146 cm³/mol. The minimum absolute atomic E-state index is 0.137. The summed E-state index contributed by atoms with van der Waals surface area (Å²) in [5.74, 6) is -0.137. The van der Waals surface area contributed by atoms with Gasteiger partial charge in [0, 0.05) is 23.3 Å². The van der Waals surface area contributed by atoms with E-state index in [9.17, 15) is 4.79 Å². The average molecular weight is 485 g/mol. The van der Waals surface area contributed by atoms with E-state index in [1.54, 1.807) is 6.08 Å². The van der Waals surface area contributed by atoms with Crippen LogP contribution in [0.15, 0.2) is 78.9 Å². The van der Waals surface area contributed by atoms with Crippen LogP contribution in [0.5, 0.6) is 0 Å². The maximum Gasteiger partial charge on any atom is 0.248 e. The van der Waals surface area contributed by atoms with Gasteiger partial charge in [-0.05, 0) is 96.8 Å².